The molecule has 1 amide bonds. The zero-order chi connectivity index (χ0) is 27.3. The maximum absolute atomic E-state index is 12.0. The number of carbonyl (C=O) groups is 1. The van der Waals surface area contributed by atoms with Gasteiger partial charge in [-0.2, -0.15) is 0 Å². The molecule has 4 rings (SSSR count). The van der Waals surface area contributed by atoms with Gasteiger partial charge >= 0.3 is 6.09 Å². The predicted molar refractivity (Wildman–Crippen MR) is 157 cm³/mol. The largest absolute Gasteiger partial charge is 0.449 e. The van der Waals surface area contributed by atoms with Crippen molar-refractivity contribution >= 4 is 6.09 Å². The Morgan fingerprint density at radius 1 is 1.05 bits per heavy atom. The van der Waals surface area contributed by atoms with Crippen molar-refractivity contribution < 1.29 is 14.6 Å². The molecule has 2 N–H and O–H groups in total. The SMILES string of the molecule is CCCCCCNC(=O)OCC(C)CCCC(C)[C@H]1CC[C@H]2[C@@H]3CC=C4C[C@@H](O)CC[C@]4(C)[C@H]3CC[C@]12C. The quantitative estimate of drug-likeness (QED) is 0.196. The van der Waals surface area contributed by atoms with Crippen molar-refractivity contribution in [1.29, 1.82) is 0 Å². The molecule has 0 aromatic carbocycles. The average Bonchev–Trinajstić information content (AvgIpc) is 3.25. The van der Waals surface area contributed by atoms with Crippen LogP contribution >= 0.6 is 0 Å². The second-order valence-electron chi connectivity index (χ2n) is 14.5. The van der Waals surface area contributed by atoms with Gasteiger partial charge in [0.2, 0.25) is 0 Å². The Morgan fingerprint density at radius 3 is 2.66 bits per heavy atom. The zero-order valence-corrected chi connectivity index (χ0v) is 25.4. The molecule has 3 fully saturated rings. The highest BCUT2D eigenvalue weighted by atomic mass is 16.5. The van der Waals surface area contributed by atoms with Gasteiger partial charge in [-0.1, -0.05) is 78.4 Å². The smallest absolute Gasteiger partial charge is 0.407 e. The molecule has 4 nitrogen and oxygen atoms in total. The number of aliphatic hydroxyl groups is 1. The van der Waals surface area contributed by atoms with Crippen LogP contribution in [0.5, 0.6) is 0 Å². The Hall–Kier alpha value is -1.03. The second kappa shape index (κ2) is 13.1. The second-order valence-corrected chi connectivity index (χ2v) is 14.5. The third-order valence-electron chi connectivity index (χ3n) is 12.0. The lowest BCUT2D eigenvalue weighted by molar-refractivity contribution is -0.0573. The summed E-state index contributed by atoms with van der Waals surface area (Å²) in [4.78, 5) is 12.0. The fourth-order valence-corrected chi connectivity index (χ4v) is 9.70. The fraction of sp³-hybridized carbons (Fsp3) is 0.912. The number of amides is 1. The summed E-state index contributed by atoms with van der Waals surface area (Å²) in [5, 5.41) is 13.2. The van der Waals surface area contributed by atoms with Gasteiger partial charge < -0.3 is 15.2 Å². The molecule has 0 aromatic rings. The van der Waals surface area contributed by atoms with Gasteiger partial charge in [0.05, 0.1) is 12.7 Å². The Morgan fingerprint density at radius 2 is 1.87 bits per heavy atom. The number of hydrogen-bond acceptors (Lipinski definition) is 3. The number of carbonyl (C=O) groups excluding carboxylic acids is 1. The van der Waals surface area contributed by atoms with E-state index >= 15 is 0 Å². The van der Waals surface area contributed by atoms with Crippen molar-refractivity contribution in [2.45, 2.75) is 137 Å². The predicted octanol–water partition coefficient (Wildman–Crippen LogP) is 8.68. The van der Waals surface area contributed by atoms with Crippen LogP contribution in [0.1, 0.15) is 131 Å². The van der Waals surface area contributed by atoms with Gasteiger partial charge in [0.25, 0.3) is 0 Å². The van der Waals surface area contributed by atoms with Crippen LogP contribution in [0.25, 0.3) is 0 Å². The van der Waals surface area contributed by atoms with Gasteiger partial charge in [-0.25, -0.2) is 4.79 Å². The van der Waals surface area contributed by atoms with Crippen molar-refractivity contribution in [2.75, 3.05) is 13.2 Å². The molecular weight excluding hydrogens is 470 g/mol. The van der Waals surface area contributed by atoms with Crippen LogP contribution in [0.4, 0.5) is 4.79 Å². The summed E-state index contributed by atoms with van der Waals surface area (Å²) in [6, 6.07) is 0. The zero-order valence-electron chi connectivity index (χ0n) is 25.4. The van der Waals surface area contributed by atoms with Crippen molar-refractivity contribution in [2.24, 2.45) is 46.3 Å². The number of unbranched alkanes of at least 4 members (excludes halogenated alkanes) is 3. The molecule has 0 aromatic heterocycles. The Labute approximate surface area is 234 Å². The standard InChI is InChI=1S/C34H59NO3/c1-6-7-8-9-21-35-32(37)38-23-24(2)11-10-12-25(3)29-15-16-30-28-14-13-26-22-27(36)17-19-33(26,4)31(28)18-20-34(29,30)5/h13,24-25,27-31,36H,6-12,14-23H2,1-5H3,(H,35,37)/t24?,25?,27-,28-,29+,30-,31-,33-,34+/m0/s1. The summed E-state index contributed by atoms with van der Waals surface area (Å²) in [6.45, 7) is 13.4. The molecule has 218 valence electrons. The van der Waals surface area contributed by atoms with Crippen LogP contribution in [0, 0.1) is 46.3 Å². The van der Waals surface area contributed by atoms with Crippen LogP contribution in [0.15, 0.2) is 11.6 Å². The molecule has 0 saturated heterocycles. The summed E-state index contributed by atoms with van der Waals surface area (Å²) in [5.41, 5.74) is 2.43. The van der Waals surface area contributed by atoms with Crippen LogP contribution < -0.4 is 5.32 Å². The minimum absolute atomic E-state index is 0.108. The monoisotopic (exact) mass is 529 g/mol. The summed E-state index contributed by atoms with van der Waals surface area (Å²) >= 11 is 0. The molecule has 9 atom stereocenters. The number of allylic oxidation sites excluding steroid dienone is 1. The number of nitrogens with one attached hydrogen (secondary N) is 1. The summed E-state index contributed by atoms with van der Waals surface area (Å²) in [6.07, 6.45) is 20.5. The molecule has 0 spiro atoms. The van der Waals surface area contributed by atoms with Crippen molar-refractivity contribution in [1.82, 2.24) is 5.32 Å². The lowest BCUT2D eigenvalue weighted by atomic mass is 9.47. The maximum Gasteiger partial charge on any atom is 0.407 e. The van der Waals surface area contributed by atoms with E-state index in [1.807, 2.05) is 0 Å². The summed E-state index contributed by atoms with van der Waals surface area (Å²) in [7, 11) is 0. The van der Waals surface area contributed by atoms with Gasteiger partial charge in [-0.05, 0) is 111 Å². The van der Waals surface area contributed by atoms with Gasteiger partial charge in [0.15, 0.2) is 0 Å². The van der Waals surface area contributed by atoms with Crippen molar-refractivity contribution in [3.05, 3.63) is 11.6 Å². The first-order chi connectivity index (χ1) is 18.2. The number of aliphatic hydroxyl groups excluding tert-OH is 1. The van der Waals surface area contributed by atoms with Crippen molar-refractivity contribution in [3.63, 3.8) is 0 Å². The fourth-order valence-electron chi connectivity index (χ4n) is 9.70. The highest BCUT2D eigenvalue weighted by molar-refractivity contribution is 5.67. The van der Waals surface area contributed by atoms with Gasteiger partial charge in [0.1, 0.15) is 0 Å². The first kappa shape index (κ1) is 29.9. The summed E-state index contributed by atoms with van der Waals surface area (Å²) < 4.78 is 5.49. The maximum atomic E-state index is 12.0. The third kappa shape index (κ3) is 6.47. The average molecular weight is 530 g/mol. The summed E-state index contributed by atoms with van der Waals surface area (Å²) in [5.74, 6) is 4.61. The van der Waals surface area contributed by atoms with Gasteiger partial charge in [-0.3, -0.25) is 0 Å². The Bertz CT molecular complexity index is 810. The minimum atomic E-state index is -0.245. The molecule has 4 aliphatic carbocycles. The molecule has 4 aliphatic rings. The van der Waals surface area contributed by atoms with Crippen LogP contribution in [-0.4, -0.2) is 30.5 Å². The molecule has 0 bridgehead atoms. The van der Waals surface area contributed by atoms with E-state index in [1.54, 1.807) is 5.57 Å². The Kier molecular flexibility index (Phi) is 10.3. The molecule has 4 heteroatoms. The number of ether oxygens (including phenoxy) is 1. The van der Waals surface area contributed by atoms with Crippen LogP contribution in [-0.2, 0) is 4.74 Å². The van der Waals surface area contributed by atoms with Crippen LogP contribution in [0.3, 0.4) is 0 Å². The molecule has 0 radical (unpaired) electrons. The van der Waals surface area contributed by atoms with E-state index in [-0.39, 0.29) is 12.2 Å². The van der Waals surface area contributed by atoms with E-state index in [0.717, 1.165) is 61.8 Å². The molecular formula is C34H59NO3. The first-order valence-electron chi connectivity index (χ1n) is 16.5. The normalized spacial score (nSPS) is 37.8. The third-order valence-corrected chi connectivity index (χ3v) is 12.0. The lowest BCUT2D eigenvalue weighted by Crippen LogP contribution is -2.50. The number of alkyl carbamates (subject to hydrolysis) is 1. The molecule has 2 unspecified atom stereocenters. The highest BCUT2D eigenvalue weighted by Gasteiger charge is 2.59. The minimum Gasteiger partial charge on any atom is -0.449 e. The molecule has 3 saturated carbocycles. The lowest BCUT2D eigenvalue weighted by Gasteiger charge is -2.58. The van der Waals surface area contributed by atoms with Gasteiger partial charge in [0, 0.05) is 6.54 Å². The van der Waals surface area contributed by atoms with E-state index in [0.29, 0.717) is 23.4 Å². The molecule has 0 heterocycles. The van der Waals surface area contributed by atoms with E-state index < -0.39 is 0 Å². The molecule has 38 heavy (non-hydrogen) atoms. The van der Waals surface area contributed by atoms with Crippen molar-refractivity contribution in [3.8, 4) is 0 Å². The van der Waals surface area contributed by atoms with Crippen LogP contribution in [0.2, 0.25) is 0 Å². The first-order valence-corrected chi connectivity index (χ1v) is 16.5. The van der Waals surface area contributed by atoms with E-state index in [2.05, 4.69) is 46.0 Å². The van der Waals surface area contributed by atoms with Gasteiger partial charge in [-0.15, -0.1) is 0 Å². The van der Waals surface area contributed by atoms with E-state index in [9.17, 15) is 9.90 Å². The highest BCUT2D eigenvalue weighted by Crippen LogP contribution is 2.67. The number of rotatable bonds is 12. The molecule has 0 aliphatic heterocycles. The topological polar surface area (TPSA) is 58.6 Å². The Balaban J connectivity index is 1.21. The number of hydrogen-bond donors (Lipinski definition) is 2. The number of fused-ring (bicyclic) bond motifs is 5. The van der Waals surface area contributed by atoms with E-state index in [1.165, 1.54) is 70.6 Å². The van der Waals surface area contributed by atoms with E-state index in [4.69, 9.17) is 4.74 Å².